The van der Waals surface area contributed by atoms with Gasteiger partial charge < -0.3 is 0 Å². The van der Waals surface area contributed by atoms with Gasteiger partial charge in [0.2, 0.25) is 0 Å². The standard InChI is InChI=1S/C18H18N2OS/c1-5-8-20-10-19-17-16(18(20)21)15(13(4)22-17)14-7-6-11(2)12(3)9-14/h5-7,9-10H,1,8H2,2-4H3. The van der Waals surface area contributed by atoms with Crippen molar-refractivity contribution < 1.29 is 0 Å². The summed E-state index contributed by atoms with van der Waals surface area (Å²) < 4.78 is 1.60. The Morgan fingerprint density at radius 2 is 2.05 bits per heavy atom. The predicted molar refractivity (Wildman–Crippen MR) is 93.7 cm³/mol. The summed E-state index contributed by atoms with van der Waals surface area (Å²) in [5, 5.41) is 0.718. The Bertz CT molecular complexity index is 934. The molecule has 2 aromatic heterocycles. The van der Waals surface area contributed by atoms with Crippen molar-refractivity contribution in [2.45, 2.75) is 27.3 Å². The molecule has 1 aromatic carbocycles. The van der Waals surface area contributed by atoms with Crippen LogP contribution >= 0.6 is 11.3 Å². The van der Waals surface area contributed by atoms with E-state index in [1.165, 1.54) is 11.1 Å². The number of benzene rings is 1. The zero-order chi connectivity index (χ0) is 15.9. The number of hydrogen-bond donors (Lipinski definition) is 0. The molecule has 3 rings (SSSR count). The van der Waals surface area contributed by atoms with E-state index < -0.39 is 0 Å². The minimum Gasteiger partial charge on any atom is -0.295 e. The molecule has 0 aliphatic heterocycles. The first-order chi connectivity index (χ1) is 10.5. The molecule has 0 saturated carbocycles. The first-order valence-corrected chi connectivity index (χ1v) is 8.01. The summed E-state index contributed by atoms with van der Waals surface area (Å²) in [6.45, 7) is 10.4. The van der Waals surface area contributed by atoms with E-state index in [0.717, 1.165) is 26.2 Å². The van der Waals surface area contributed by atoms with Crippen molar-refractivity contribution in [3.05, 3.63) is 63.5 Å². The Kier molecular flexibility index (Phi) is 3.71. The second-order valence-corrected chi connectivity index (χ2v) is 6.71. The van der Waals surface area contributed by atoms with Gasteiger partial charge in [0, 0.05) is 17.0 Å². The molecule has 2 heterocycles. The Morgan fingerprint density at radius 1 is 1.27 bits per heavy atom. The number of rotatable bonds is 3. The minimum absolute atomic E-state index is 0.00229. The Labute approximate surface area is 133 Å². The van der Waals surface area contributed by atoms with Crippen LogP contribution in [0, 0.1) is 20.8 Å². The molecule has 0 amide bonds. The van der Waals surface area contributed by atoms with Crippen LogP contribution < -0.4 is 5.56 Å². The van der Waals surface area contributed by atoms with Gasteiger partial charge in [0.05, 0.1) is 11.7 Å². The van der Waals surface area contributed by atoms with Crippen LogP contribution in [0.15, 0.2) is 42.0 Å². The zero-order valence-corrected chi connectivity index (χ0v) is 13.8. The molecule has 0 aliphatic rings. The highest BCUT2D eigenvalue weighted by molar-refractivity contribution is 7.19. The highest BCUT2D eigenvalue weighted by atomic mass is 32.1. The highest BCUT2D eigenvalue weighted by Crippen LogP contribution is 2.36. The van der Waals surface area contributed by atoms with Gasteiger partial charge in [-0.25, -0.2) is 4.98 Å². The van der Waals surface area contributed by atoms with Gasteiger partial charge >= 0.3 is 0 Å². The summed E-state index contributed by atoms with van der Waals surface area (Å²) in [6.07, 6.45) is 3.32. The van der Waals surface area contributed by atoms with Crippen molar-refractivity contribution in [3.63, 3.8) is 0 Å². The molecule has 4 heteroatoms. The van der Waals surface area contributed by atoms with Crippen LogP contribution in [0.1, 0.15) is 16.0 Å². The van der Waals surface area contributed by atoms with Gasteiger partial charge in [-0.1, -0.05) is 24.3 Å². The maximum atomic E-state index is 12.8. The van der Waals surface area contributed by atoms with E-state index in [2.05, 4.69) is 43.6 Å². The van der Waals surface area contributed by atoms with Crippen molar-refractivity contribution in [3.8, 4) is 11.1 Å². The molecule has 112 valence electrons. The lowest BCUT2D eigenvalue weighted by Crippen LogP contribution is -2.19. The third-order valence-electron chi connectivity index (χ3n) is 3.98. The van der Waals surface area contributed by atoms with E-state index in [-0.39, 0.29) is 5.56 Å². The number of thiophene rings is 1. The molecule has 3 aromatic rings. The van der Waals surface area contributed by atoms with Gasteiger partial charge in [-0.2, -0.15) is 0 Å². The molecule has 0 atom stereocenters. The molecule has 0 aliphatic carbocycles. The second-order valence-electron chi connectivity index (χ2n) is 5.50. The normalized spacial score (nSPS) is 11.0. The number of aryl methyl sites for hydroxylation is 3. The first-order valence-electron chi connectivity index (χ1n) is 7.20. The average Bonchev–Trinajstić information content (AvgIpc) is 2.82. The first kappa shape index (κ1) is 14.7. The molecule has 0 fully saturated rings. The fourth-order valence-electron chi connectivity index (χ4n) is 2.65. The van der Waals surface area contributed by atoms with Gasteiger partial charge in [-0.15, -0.1) is 17.9 Å². The minimum atomic E-state index is 0.00229. The number of fused-ring (bicyclic) bond motifs is 1. The quantitative estimate of drug-likeness (QED) is 0.678. The summed E-state index contributed by atoms with van der Waals surface area (Å²) in [5.74, 6) is 0. The highest BCUT2D eigenvalue weighted by Gasteiger charge is 2.16. The molecular formula is C18H18N2OS. The van der Waals surface area contributed by atoms with Crippen molar-refractivity contribution in [2.75, 3.05) is 0 Å². The second kappa shape index (κ2) is 5.54. The number of aromatic nitrogens is 2. The molecule has 0 bridgehead atoms. The van der Waals surface area contributed by atoms with E-state index in [0.29, 0.717) is 6.54 Å². The van der Waals surface area contributed by atoms with E-state index >= 15 is 0 Å². The number of hydrogen-bond acceptors (Lipinski definition) is 3. The van der Waals surface area contributed by atoms with E-state index in [1.54, 1.807) is 28.3 Å². The Morgan fingerprint density at radius 3 is 2.73 bits per heavy atom. The summed E-state index contributed by atoms with van der Waals surface area (Å²) in [6, 6.07) is 6.33. The Balaban J connectivity index is 2.35. The van der Waals surface area contributed by atoms with Crippen molar-refractivity contribution in [2.24, 2.45) is 0 Å². The van der Waals surface area contributed by atoms with Gasteiger partial charge in [0.15, 0.2) is 0 Å². The number of allylic oxidation sites excluding steroid dienone is 1. The Hall–Kier alpha value is -2.20. The fourth-order valence-corrected chi connectivity index (χ4v) is 3.65. The van der Waals surface area contributed by atoms with Gasteiger partial charge in [-0.05, 0) is 37.5 Å². The topological polar surface area (TPSA) is 34.9 Å². The lowest BCUT2D eigenvalue weighted by Gasteiger charge is -2.07. The summed E-state index contributed by atoms with van der Waals surface area (Å²) in [7, 11) is 0. The maximum Gasteiger partial charge on any atom is 0.263 e. The van der Waals surface area contributed by atoms with Gasteiger partial charge in [0.1, 0.15) is 4.83 Å². The van der Waals surface area contributed by atoms with Crippen LogP contribution in [0.3, 0.4) is 0 Å². The largest absolute Gasteiger partial charge is 0.295 e. The van der Waals surface area contributed by atoms with E-state index in [4.69, 9.17) is 0 Å². The molecular weight excluding hydrogens is 292 g/mol. The van der Waals surface area contributed by atoms with Crippen molar-refractivity contribution in [1.82, 2.24) is 9.55 Å². The maximum absolute atomic E-state index is 12.8. The molecule has 22 heavy (non-hydrogen) atoms. The van der Waals surface area contributed by atoms with Crippen LogP contribution in [0.4, 0.5) is 0 Å². The van der Waals surface area contributed by atoms with Crippen LogP contribution in [-0.2, 0) is 6.54 Å². The zero-order valence-electron chi connectivity index (χ0n) is 13.0. The molecule has 0 spiro atoms. The molecule has 0 N–H and O–H groups in total. The molecule has 3 nitrogen and oxygen atoms in total. The van der Waals surface area contributed by atoms with Crippen molar-refractivity contribution in [1.29, 1.82) is 0 Å². The third kappa shape index (κ3) is 2.29. The van der Waals surface area contributed by atoms with Gasteiger partial charge in [-0.3, -0.25) is 9.36 Å². The average molecular weight is 310 g/mol. The smallest absolute Gasteiger partial charge is 0.263 e. The van der Waals surface area contributed by atoms with E-state index in [1.807, 2.05) is 6.92 Å². The van der Waals surface area contributed by atoms with Crippen LogP contribution in [0.2, 0.25) is 0 Å². The van der Waals surface area contributed by atoms with Crippen LogP contribution in [-0.4, -0.2) is 9.55 Å². The summed E-state index contributed by atoms with van der Waals surface area (Å²) >= 11 is 1.57. The number of nitrogens with zero attached hydrogens (tertiary/aromatic N) is 2. The molecule has 0 unspecified atom stereocenters. The summed E-state index contributed by atoms with van der Waals surface area (Å²) in [5.41, 5.74) is 4.58. The molecule has 0 radical (unpaired) electrons. The molecule has 0 saturated heterocycles. The monoisotopic (exact) mass is 310 g/mol. The van der Waals surface area contributed by atoms with E-state index in [9.17, 15) is 4.79 Å². The SMILES string of the molecule is C=CCn1cnc2sc(C)c(-c3ccc(C)c(C)c3)c2c1=O. The van der Waals surface area contributed by atoms with Crippen molar-refractivity contribution >= 4 is 21.6 Å². The van der Waals surface area contributed by atoms with Crippen LogP contribution in [0.5, 0.6) is 0 Å². The van der Waals surface area contributed by atoms with Crippen LogP contribution in [0.25, 0.3) is 21.3 Å². The fraction of sp³-hybridized carbons (Fsp3) is 0.222. The third-order valence-corrected chi connectivity index (χ3v) is 4.99. The summed E-state index contributed by atoms with van der Waals surface area (Å²) in [4.78, 5) is 19.1. The lowest BCUT2D eigenvalue weighted by molar-refractivity contribution is 0.769. The lowest BCUT2D eigenvalue weighted by atomic mass is 9.99. The predicted octanol–water partition coefficient (Wildman–Crippen LogP) is 4.24. The van der Waals surface area contributed by atoms with Gasteiger partial charge in [0.25, 0.3) is 5.56 Å².